The Morgan fingerprint density at radius 1 is 1.28 bits per heavy atom. The van der Waals surface area contributed by atoms with Gasteiger partial charge in [-0.25, -0.2) is 0 Å². The van der Waals surface area contributed by atoms with Crippen LogP contribution in [0.25, 0.3) is 0 Å². The van der Waals surface area contributed by atoms with Crippen molar-refractivity contribution in [3.63, 3.8) is 0 Å². The van der Waals surface area contributed by atoms with Crippen molar-refractivity contribution in [3.8, 4) is 5.75 Å². The molecule has 2 aliphatic carbocycles. The summed E-state index contributed by atoms with van der Waals surface area (Å²) in [4.78, 5) is 0. The van der Waals surface area contributed by atoms with Crippen molar-refractivity contribution in [2.75, 3.05) is 7.11 Å². The molecule has 0 aromatic heterocycles. The Morgan fingerprint density at radius 2 is 1.94 bits per heavy atom. The van der Waals surface area contributed by atoms with Gasteiger partial charge in [-0.3, -0.25) is 0 Å². The van der Waals surface area contributed by atoms with Gasteiger partial charge in [0.25, 0.3) is 0 Å². The average molecular weight is 267 g/mol. The number of hydrogen-bond donors (Lipinski definition) is 1. The van der Waals surface area contributed by atoms with Crippen LogP contribution in [0.4, 0.5) is 0 Å². The summed E-state index contributed by atoms with van der Waals surface area (Å²) in [5.41, 5.74) is 0.940. The van der Waals surface area contributed by atoms with Crippen LogP contribution in [0.15, 0.2) is 18.2 Å². The fourth-order valence-electron chi connectivity index (χ4n) is 3.60. The Bertz CT molecular complexity index is 434. The van der Waals surface area contributed by atoms with Crippen LogP contribution in [-0.4, -0.2) is 12.2 Å². The number of hydrogen-bond acceptors (Lipinski definition) is 2. The van der Waals surface area contributed by atoms with E-state index in [0.29, 0.717) is 16.7 Å². The number of ether oxygens (including phenoxy) is 1. The van der Waals surface area contributed by atoms with E-state index in [0.717, 1.165) is 17.4 Å². The normalized spacial score (nSPS) is 31.6. The lowest BCUT2D eigenvalue weighted by Crippen LogP contribution is -2.02. The van der Waals surface area contributed by atoms with Crippen LogP contribution in [0.2, 0.25) is 5.02 Å². The van der Waals surface area contributed by atoms with Crippen LogP contribution in [0.5, 0.6) is 5.75 Å². The zero-order valence-corrected chi connectivity index (χ0v) is 11.4. The molecule has 18 heavy (non-hydrogen) atoms. The second-order valence-corrected chi connectivity index (χ2v) is 5.94. The van der Waals surface area contributed by atoms with Gasteiger partial charge >= 0.3 is 0 Å². The Hall–Kier alpha value is -0.730. The molecule has 0 bridgehead atoms. The number of fused-ring (bicyclic) bond motifs is 1. The molecular weight excluding hydrogens is 248 g/mol. The SMILES string of the molecule is COc1cc(C(O)C2C3CCCCC32)ccc1Cl. The molecule has 1 aromatic carbocycles. The molecule has 1 aromatic rings. The number of aliphatic hydroxyl groups is 1. The second kappa shape index (κ2) is 4.75. The van der Waals surface area contributed by atoms with Gasteiger partial charge in [0.1, 0.15) is 5.75 Å². The third kappa shape index (κ3) is 2.02. The van der Waals surface area contributed by atoms with Crippen molar-refractivity contribution in [3.05, 3.63) is 28.8 Å². The highest BCUT2D eigenvalue weighted by Gasteiger charge is 2.54. The Balaban J connectivity index is 1.78. The Labute approximate surface area is 113 Å². The third-order valence-corrected chi connectivity index (χ3v) is 4.92. The predicted octanol–water partition coefficient (Wildman–Crippen LogP) is 3.82. The van der Waals surface area contributed by atoms with E-state index in [2.05, 4.69) is 0 Å². The molecule has 2 nitrogen and oxygen atoms in total. The average Bonchev–Trinajstić information content (AvgIpc) is 3.12. The highest BCUT2D eigenvalue weighted by Crippen LogP contribution is 2.60. The lowest BCUT2D eigenvalue weighted by molar-refractivity contribution is 0.142. The van der Waals surface area contributed by atoms with Crippen LogP contribution in [0.1, 0.15) is 37.4 Å². The minimum Gasteiger partial charge on any atom is -0.495 e. The van der Waals surface area contributed by atoms with Crippen LogP contribution < -0.4 is 4.74 Å². The summed E-state index contributed by atoms with van der Waals surface area (Å²) in [5.74, 6) is 2.60. The van der Waals surface area contributed by atoms with Gasteiger partial charge in [-0.15, -0.1) is 0 Å². The Morgan fingerprint density at radius 3 is 2.56 bits per heavy atom. The van der Waals surface area contributed by atoms with E-state index >= 15 is 0 Å². The molecule has 0 amide bonds. The van der Waals surface area contributed by atoms with E-state index in [1.165, 1.54) is 25.7 Å². The molecule has 3 heteroatoms. The summed E-state index contributed by atoms with van der Waals surface area (Å²) in [5, 5.41) is 11.1. The molecule has 3 unspecified atom stereocenters. The summed E-state index contributed by atoms with van der Waals surface area (Å²) in [6.07, 6.45) is 4.88. The standard InChI is InChI=1S/C15H19ClO2/c1-18-13-8-9(6-7-12(13)16)15(17)14-10-4-2-3-5-11(10)14/h6-8,10-11,14-15,17H,2-5H2,1H3. The molecule has 3 rings (SSSR count). The topological polar surface area (TPSA) is 29.5 Å². The molecule has 0 heterocycles. The lowest BCUT2D eigenvalue weighted by Gasteiger charge is -2.13. The van der Waals surface area contributed by atoms with Crippen LogP contribution in [-0.2, 0) is 0 Å². The minimum absolute atomic E-state index is 0.357. The summed E-state index contributed by atoms with van der Waals surface area (Å²) >= 11 is 6.01. The number of aliphatic hydroxyl groups excluding tert-OH is 1. The molecule has 1 N–H and O–H groups in total. The molecule has 2 aliphatic rings. The first kappa shape index (κ1) is 12.3. The number of methoxy groups -OCH3 is 1. The fourth-order valence-corrected chi connectivity index (χ4v) is 3.79. The maximum absolute atomic E-state index is 10.5. The van der Waals surface area contributed by atoms with Gasteiger partial charge in [0.15, 0.2) is 0 Å². The quantitative estimate of drug-likeness (QED) is 0.901. The van der Waals surface area contributed by atoms with E-state index < -0.39 is 0 Å². The number of halogens is 1. The van der Waals surface area contributed by atoms with Gasteiger partial charge in [-0.1, -0.05) is 30.5 Å². The summed E-state index contributed by atoms with van der Waals surface area (Å²) in [7, 11) is 1.61. The molecule has 0 aliphatic heterocycles. The Kier molecular flexibility index (Phi) is 3.25. The smallest absolute Gasteiger partial charge is 0.137 e. The first-order valence-electron chi connectivity index (χ1n) is 6.74. The lowest BCUT2D eigenvalue weighted by atomic mass is 10.0. The van der Waals surface area contributed by atoms with Gasteiger partial charge in [0.2, 0.25) is 0 Å². The third-order valence-electron chi connectivity index (χ3n) is 4.60. The van der Waals surface area contributed by atoms with Gasteiger partial charge in [0, 0.05) is 0 Å². The summed E-state index contributed by atoms with van der Waals surface area (Å²) in [6, 6.07) is 5.60. The second-order valence-electron chi connectivity index (χ2n) is 5.53. The first-order chi connectivity index (χ1) is 8.72. The van der Waals surface area contributed by atoms with Gasteiger partial charge in [0.05, 0.1) is 18.2 Å². The highest BCUT2D eigenvalue weighted by molar-refractivity contribution is 6.32. The van der Waals surface area contributed by atoms with Crippen molar-refractivity contribution in [1.82, 2.24) is 0 Å². The monoisotopic (exact) mass is 266 g/mol. The van der Waals surface area contributed by atoms with Crippen LogP contribution >= 0.6 is 11.6 Å². The zero-order chi connectivity index (χ0) is 12.7. The maximum atomic E-state index is 10.5. The number of benzene rings is 1. The molecule has 0 spiro atoms. The molecule has 2 fully saturated rings. The molecule has 98 valence electrons. The van der Waals surface area contributed by atoms with Crippen molar-refractivity contribution < 1.29 is 9.84 Å². The molecule has 0 saturated heterocycles. The van der Waals surface area contributed by atoms with Gasteiger partial charge in [-0.05, 0) is 48.3 Å². The van der Waals surface area contributed by atoms with E-state index in [1.54, 1.807) is 7.11 Å². The van der Waals surface area contributed by atoms with Crippen molar-refractivity contribution >= 4 is 11.6 Å². The van der Waals surface area contributed by atoms with Crippen molar-refractivity contribution in [2.45, 2.75) is 31.8 Å². The first-order valence-corrected chi connectivity index (χ1v) is 7.11. The summed E-state index contributed by atoms with van der Waals surface area (Å²) < 4.78 is 5.21. The molecular formula is C15H19ClO2. The molecule has 2 saturated carbocycles. The largest absolute Gasteiger partial charge is 0.495 e. The van der Waals surface area contributed by atoms with Crippen molar-refractivity contribution in [1.29, 1.82) is 0 Å². The van der Waals surface area contributed by atoms with E-state index in [9.17, 15) is 5.11 Å². The fraction of sp³-hybridized carbons (Fsp3) is 0.600. The van der Waals surface area contributed by atoms with E-state index in [-0.39, 0.29) is 6.10 Å². The zero-order valence-electron chi connectivity index (χ0n) is 10.6. The van der Waals surface area contributed by atoms with Crippen molar-refractivity contribution in [2.24, 2.45) is 17.8 Å². The number of rotatable bonds is 3. The van der Waals surface area contributed by atoms with Crippen LogP contribution in [0.3, 0.4) is 0 Å². The molecule has 3 atom stereocenters. The maximum Gasteiger partial charge on any atom is 0.137 e. The predicted molar refractivity (Wildman–Crippen MR) is 71.9 cm³/mol. The van der Waals surface area contributed by atoms with E-state index in [1.807, 2.05) is 18.2 Å². The van der Waals surface area contributed by atoms with Crippen LogP contribution in [0, 0.1) is 17.8 Å². The minimum atomic E-state index is -0.357. The summed E-state index contributed by atoms with van der Waals surface area (Å²) in [6.45, 7) is 0. The highest BCUT2D eigenvalue weighted by atomic mass is 35.5. The van der Waals surface area contributed by atoms with E-state index in [4.69, 9.17) is 16.3 Å². The molecule has 0 radical (unpaired) electrons. The van der Waals surface area contributed by atoms with Gasteiger partial charge < -0.3 is 9.84 Å². The van der Waals surface area contributed by atoms with Gasteiger partial charge in [-0.2, -0.15) is 0 Å².